The molecule has 1 rings (SSSR count). The van der Waals surface area contributed by atoms with Crippen LogP contribution in [0.2, 0.25) is 0 Å². The summed E-state index contributed by atoms with van der Waals surface area (Å²) < 4.78 is 13.6. The van der Waals surface area contributed by atoms with Crippen molar-refractivity contribution in [3.63, 3.8) is 0 Å². The zero-order valence-electron chi connectivity index (χ0n) is 11.9. The van der Waals surface area contributed by atoms with E-state index >= 15 is 0 Å². The number of halogens is 1. The predicted molar refractivity (Wildman–Crippen MR) is 70.7 cm³/mol. The van der Waals surface area contributed by atoms with Crippen LogP contribution in [0, 0.1) is 17.8 Å². The van der Waals surface area contributed by atoms with Gasteiger partial charge in [-0.25, -0.2) is 4.39 Å². The lowest BCUT2D eigenvalue weighted by Crippen LogP contribution is -2.24. The minimum Gasteiger partial charge on any atom is -0.393 e. The van der Waals surface area contributed by atoms with E-state index in [-0.39, 0.29) is 6.10 Å². The number of aliphatic hydroxyl groups excluding tert-OH is 1. The molecule has 1 aliphatic carbocycles. The first-order valence-corrected chi connectivity index (χ1v) is 7.15. The van der Waals surface area contributed by atoms with Gasteiger partial charge in [0.25, 0.3) is 0 Å². The van der Waals surface area contributed by atoms with E-state index < -0.39 is 5.67 Å². The summed E-state index contributed by atoms with van der Waals surface area (Å²) in [7, 11) is 0. The molecule has 0 spiro atoms. The first kappa shape index (κ1) is 14.9. The highest BCUT2D eigenvalue weighted by molar-refractivity contribution is 4.79. The fraction of sp³-hybridized carbons (Fsp3) is 1.00. The van der Waals surface area contributed by atoms with E-state index in [0.717, 1.165) is 12.3 Å². The summed E-state index contributed by atoms with van der Waals surface area (Å²) in [5.41, 5.74) is -1.01. The SMILES string of the molecule is CC(CC1CCC(CC(C)(C)F)CC1)[C@@H](C)O. The van der Waals surface area contributed by atoms with Gasteiger partial charge in [0.05, 0.1) is 6.10 Å². The Morgan fingerprint density at radius 1 is 1.12 bits per heavy atom. The van der Waals surface area contributed by atoms with Crippen molar-refractivity contribution in [3.8, 4) is 0 Å². The van der Waals surface area contributed by atoms with Crippen LogP contribution in [-0.2, 0) is 0 Å². The van der Waals surface area contributed by atoms with Crippen LogP contribution in [0.5, 0.6) is 0 Å². The van der Waals surface area contributed by atoms with Gasteiger partial charge < -0.3 is 5.11 Å². The summed E-state index contributed by atoms with van der Waals surface area (Å²) in [4.78, 5) is 0. The molecule has 17 heavy (non-hydrogen) atoms. The Bertz CT molecular complexity index is 211. The van der Waals surface area contributed by atoms with E-state index in [1.54, 1.807) is 13.8 Å². The van der Waals surface area contributed by atoms with Crippen LogP contribution in [0.4, 0.5) is 4.39 Å². The number of aliphatic hydroxyl groups is 1. The molecule has 0 aromatic carbocycles. The number of rotatable bonds is 5. The van der Waals surface area contributed by atoms with E-state index in [4.69, 9.17) is 0 Å². The Morgan fingerprint density at radius 3 is 2.00 bits per heavy atom. The second-order valence-corrected chi connectivity index (χ2v) is 6.76. The van der Waals surface area contributed by atoms with Crippen molar-refractivity contribution in [1.82, 2.24) is 0 Å². The summed E-state index contributed by atoms with van der Waals surface area (Å²) in [6, 6.07) is 0. The standard InChI is InChI=1S/C15H29FO/c1-11(12(2)17)9-13-5-7-14(8-6-13)10-15(3,4)16/h11-14,17H,5-10H2,1-4H3/t11?,12-,13?,14?/m1/s1. The van der Waals surface area contributed by atoms with Gasteiger partial charge in [0.1, 0.15) is 5.67 Å². The molecule has 0 amide bonds. The fourth-order valence-corrected chi connectivity index (χ4v) is 3.08. The highest BCUT2D eigenvalue weighted by Gasteiger charge is 2.28. The number of hydrogen-bond donors (Lipinski definition) is 1. The Hall–Kier alpha value is -0.110. The zero-order valence-corrected chi connectivity index (χ0v) is 11.9. The Kier molecular flexibility index (Phi) is 5.43. The van der Waals surface area contributed by atoms with Gasteiger partial charge in [0, 0.05) is 0 Å². The molecule has 0 aliphatic heterocycles. The molecule has 2 atom stereocenters. The summed E-state index contributed by atoms with van der Waals surface area (Å²) >= 11 is 0. The van der Waals surface area contributed by atoms with E-state index in [9.17, 15) is 9.50 Å². The topological polar surface area (TPSA) is 20.2 Å². The van der Waals surface area contributed by atoms with Crippen LogP contribution in [0.1, 0.15) is 66.2 Å². The molecule has 0 aromatic heterocycles. The van der Waals surface area contributed by atoms with Crippen molar-refractivity contribution < 1.29 is 9.50 Å². The van der Waals surface area contributed by atoms with E-state index in [2.05, 4.69) is 6.92 Å². The molecule has 1 aliphatic rings. The van der Waals surface area contributed by atoms with Crippen molar-refractivity contribution in [2.75, 3.05) is 0 Å². The molecule has 2 heteroatoms. The first-order chi connectivity index (χ1) is 7.78. The molecule has 1 nitrogen and oxygen atoms in total. The molecule has 0 heterocycles. The smallest absolute Gasteiger partial charge is 0.105 e. The summed E-state index contributed by atoms with van der Waals surface area (Å²) in [6.45, 7) is 7.38. The molecule has 1 saturated carbocycles. The maximum absolute atomic E-state index is 13.6. The van der Waals surface area contributed by atoms with Crippen LogP contribution in [0.3, 0.4) is 0 Å². The largest absolute Gasteiger partial charge is 0.393 e. The minimum atomic E-state index is -1.01. The zero-order chi connectivity index (χ0) is 13.1. The monoisotopic (exact) mass is 244 g/mol. The maximum atomic E-state index is 13.6. The van der Waals surface area contributed by atoms with Crippen LogP contribution >= 0.6 is 0 Å². The van der Waals surface area contributed by atoms with Crippen molar-refractivity contribution in [3.05, 3.63) is 0 Å². The van der Waals surface area contributed by atoms with Gasteiger partial charge in [-0.05, 0) is 51.4 Å². The molecule has 0 radical (unpaired) electrons. The van der Waals surface area contributed by atoms with Crippen molar-refractivity contribution in [2.45, 2.75) is 78.0 Å². The predicted octanol–water partition coefficient (Wildman–Crippen LogP) is 4.34. The molecule has 1 N–H and O–H groups in total. The Morgan fingerprint density at radius 2 is 1.59 bits per heavy atom. The van der Waals surface area contributed by atoms with Gasteiger partial charge in [0.2, 0.25) is 0 Å². The fourth-order valence-electron chi connectivity index (χ4n) is 3.08. The lowest BCUT2D eigenvalue weighted by molar-refractivity contribution is 0.0989. The van der Waals surface area contributed by atoms with Crippen LogP contribution in [0.15, 0.2) is 0 Å². The minimum absolute atomic E-state index is 0.197. The lowest BCUT2D eigenvalue weighted by atomic mass is 9.75. The van der Waals surface area contributed by atoms with E-state index in [1.165, 1.54) is 25.7 Å². The first-order valence-electron chi connectivity index (χ1n) is 7.15. The quantitative estimate of drug-likeness (QED) is 0.763. The Labute approximate surface area is 106 Å². The molecule has 1 fully saturated rings. The van der Waals surface area contributed by atoms with Gasteiger partial charge in [-0.1, -0.05) is 32.6 Å². The van der Waals surface area contributed by atoms with Gasteiger partial charge >= 0.3 is 0 Å². The summed E-state index contributed by atoms with van der Waals surface area (Å²) in [5, 5.41) is 9.51. The summed E-state index contributed by atoms with van der Waals surface area (Å²) in [5.74, 6) is 1.72. The van der Waals surface area contributed by atoms with Crippen LogP contribution in [-0.4, -0.2) is 16.9 Å². The van der Waals surface area contributed by atoms with Crippen molar-refractivity contribution >= 4 is 0 Å². The van der Waals surface area contributed by atoms with Gasteiger partial charge in [-0.2, -0.15) is 0 Å². The molecule has 0 bridgehead atoms. The third-order valence-electron chi connectivity index (χ3n) is 4.27. The maximum Gasteiger partial charge on any atom is 0.105 e. The number of alkyl halides is 1. The molecule has 1 unspecified atom stereocenters. The van der Waals surface area contributed by atoms with Crippen molar-refractivity contribution in [1.29, 1.82) is 0 Å². The molecular formula is C15H29FO. The summed E-state index contributed by atoms with van der Waals surface area (Å²) in [6.07, 6.45) is 6.43. The highest BCUT2D eigenvalue weighted by atomic mass is 19.1. The van der Waals surface area contributed by atoms with E-state index in [0.29, 0.717) is 18.3 Å². The second-order valence-electron chi connectivity index (χ2n) is 6.76. The van der Waals surface area contributed by atoms with Gasteiger partial charge in [-0.15, -0.1) is 0 Å². The molecule has 102 valence electrons. The third kappa shape index (κ3) is 5.85. The van der Waals surface area contributed by atoms with Crippen LogP contribution in [0.25, 0.3) is 0 Å². The normalized spacial score (nSPS) is 30.0. The van der Waals surface area contributed by atoms with Gasteiger partial charge in [0.15, 0.2) is 0 Å². The van der Waals surface area contributed by atoms with Crippen LogP contribution < -0.4 is 0 Å². The Balaban J connectivity index is 2.26. The average Bonchev–Trinajstić information content (AvgIpc) is 2.18. The van der Waals surface area contributed by atoms with Gasteiger partial charge in [-0.3, -0.25) is 0 Å². The van der Waals surface area contributed by atoms with Crippen molar-refractivity contribution in [2.24, 2.45) is 17.8 Å². The molecular weight excluding hydrogens is 215 g/mol. The lowest BCUT2D eigenvalue weighted by Gasteiger charge is -2.32. The molecule has 0 saturated heterocycles. The third-order valence-corrected chi connectivity index (χ3v) is 4.27. The second kappa shape index (κ2) is 6.17. The highest BCUT2D eigenvalue weighted by Crippen LogP contribution is 2.37. The number of hydrogen-bond acceptors (Lipinski definition) is 1. The van der Waals surface area contributed by atoms with E-state index in [1.807, 2.05) is 6.92 Å². The molecule has 0 aromatic rings. The average molecular weight is 244 g/mol.